The molecule has 16 heavy (non-hydrogen) atoms. The molecule has 0 bridgehead atoms. The monoisotopic (exact) mass is 222 g/mol. The molecule has 1 aliphatic rings. The van der Waals surface area contributed by atoms with Crippen molar-refractivity contribution in [3.63, 3.8) is 0 Å². The van der Waals surface area contributed by atoms with Gasteiger partial charge >= 0.3 is 0 Å². The van der Waals surface area contributed by atoms with Crippen LogP contribution in [0.15, 0.2) is 36.6 Å². The summed E-state index contributed by atoms with van der Waals surface area (Å²) >= 11 is 0. The number of fused-ring (bicyclic) bond motifs is 1. The van der Waals surface area contributed by atoms with Crippen molar-refractivity contribution >= 4 is 0 Å². The molecule has 0 atom stereocenters. The Morgan fingerprint density at radius 3 is 2.38 bits per heavy atom. The van der Waals surface area contributed by atoms with Crippen molar-refractivity contribution in [3.8, 4) is 0 Å². The first-order chi connectivity index (χ1) is 7.86. The van der Waals surface area contributed by atoms with Crippen molar-refractivity contribution < 1.29 is 19.6 Å². The van der Waals surface area contributed by atoms with E-state index in [1.54, 1.807) is 0 Å². The molecule has 1 aliphatic heterocycles. The second-order valence-electron chi connectivity index (χ2n) is 3.49. The van der Waals surface area contributed by atoms with Crippen molar-refractivity contribution in [1.29, 1.82) is 0 Å². The van der Waals surface area contributed by atoms with Crippen LogP contribution in [-0.4, -0.2) is 6.61 Å². The van der Waals surface area contributed by atoms with Gasteiger partial charge in [-0.15, -0.1) is 0 Å². The van der Waals surface area contributed by atoms with Gasteiger partial charge in [-0.3, -0.25) is 0 Å². The van der Waals surface area contributed by atoms with Crippen molar-refractivity contribution in [3.05, 3.63) is 47.7 Å². The summed E-state index contributed by atoms with van der Waals surface area (Å²) in [6.07, 6.45) is 0.552. The molecule has 0 radical (unpaired) electrons. The zero-order valence-electron chi connectivity index (χ0n) is 8.98. The van der Waals surface area contributed by atoms with Gasteiger partial charge in [-0.2, -0.15) is 4.89 Å². The van der Waals surface area contributed by atoms with E-state index in [0.717, 1.165) is 11.1 Å². The van der Waals surface area contributed by atoms with E-state index in [1.807, 2.05) is 24.3 Å². The largest absolute Gasteiger partial charge is 0.342 e. The van der Waals surface area contributed by atoms with Gasteiger partial charge in [0, 0.05) is 6.42 Å². The molecule has 4 heteroatoms. The van der Waals surface area contributed by atoms with Gasteiger partial charge in [0.05, 0.1) is 6.61 Å². The third-order valence-electron chi connectivity index (χ3n) is 2.27. The average Bonchev–Trinajstić information content (AvgIpc) is 2.33. The van der Waals surface area contributed by atoms with E-state index in [0.29, 0.717) is 32.0 Å². The van der Waals surface area contributed by atoms with Gasteiger partial charge in [0.15, 0.2) is 0 Å². The van der Waals surface area contributed by atoms with Crippen LogP contribution in [0.3, 0.4) is 0 Å². The van der Waals surface area contributed by atoms with E-state index in [9.17, 15) is 0 Å². The zero-order chi connectivity index (χ0) is 11.2. The molecule has 0 aromatic heterocycles. The maximum Gasteiger partial charge on any atom is 0.137 e. The van der Waals surface area contributed by atoms with E-state index >= 15 is 0 Å². The maximum absolute atomic E-state index is 5.09. The highest BCUT2D eigenvalue weighted by molar-refractivity contribution is 5.25. The minimum atomic E-state index is 0.374. The van der Waals surface area contributed by atoms with Crippen LogP contribution in [0, 0.1) is 0 Å². The van der Waals surface area contributed by atoms with Crippen LogP contribution < -0.4 is 0 Å². The topological polar surface area (TPSA) is 36.9 Å². The van der Waals surface area contributed by atoms with E-state index in [1.165, 1.54) is 0 Å². The Kier molecular flexibility index (Phi) is 3.93. The minimum Gasteiger partial charge on any atom is -0.342 e. The van der Waals surface area contributed by atoms with Gasteiger partial charge in [0.2, 0.25) is 0 Å². The summed E-state index contributed by atoms with van der Waals surface area (Å²) in [5, 5.41) is 0. The number of benzene rings is 1. The standard InChI is InChI=1S/C12H14O4/c1-10-6-7-13-14-8-11-4-2-3-5-12(11)9-15-16-10/h2-5H,1,6-9H2. The van der Waals surface area contributed by atoms with Gasteiger partial charge in [0.1, 0.15) is 19.0 Å². The molecular formula is C12H14O4. The average molecular weight is 222 g/mol. The van der Waals surface area contributed by atoms with Gasteiger partial charge in [-0.25, -0.2) is 9.78 Å². The smallest absolute Gasteiger partial charge is 0.137 e. The molecule has 1 aromatic carbocycles. The quantitative estimate of drug-likeness (QED) is 0.632. The molecule has 0 N–H and O–H groups in total. The molecule has 0 saturated carbocycles. The second-order valence-corrected chi connectivity index (χ2v) is 3.49. The fourth-order valence-corrected chi connectivity index (χ4v) is 1.38. The number of rotatable bonds is 0. The molecule has 0 saturated heterocycles. The number of hydrogen-bond acceptors (Lipinski definition) is 4. The summed E-state index contributed by atoms with van der Waals surface area (Å²) in [5.41, 5.74) is 2.04. The first-order valence-corrected chi connectivity index (χ1v) is 5.15. The Balaban J connectivity index is 2.07. The lowest BCUT2D eigenvalue weighted by Gasteiger charge is -2.08. The lowest BCUT2D eigenvalue weighted by Crippen LogP contribution is -1.99. The van der Waals surface area contributed by atoms with E-state index in [-0.39, 0.29) is 0 Å². The molecule has 2 rings (SSSR count). The predicted molar refractivity (Wildman–Crippen MR) is 56.8 cm³/mol. The lowest BCUT2D eigenvalue weighted by atomic mass is 10.1. The lowest BCUT2D eigenvalue weighted by molar-refractivity contribution is -0.307. The van der Waals surface area contributed by atoms with Crippen LogP contribution in [-0.2, 0) is 32.8 Å². The Hall–Kier alpha value is -1.36. The Morgan fingerprint density at radius 2 is 1.62 bits per heavy atom. The van der Waals surface area contributed by atoms with Gasteiger partial charge in [-0.05, 0) is 11.1 Å². The van der Waals surface area contributed by atoms with Crippen molar-refractivity contribution in [2.45, 2.75) is 19.6 Å². The Labute approximate surface area is 94.2 Å². The Bertz CT molecular complexity index is 362. The van der Waals surface area contributed by atoms with E-state index < -0.39 is 0 Å². The molecule has 86 valence electrons. The molecule has 0 spiro atoms. The molecule has 1 aromatic rings. The molecule has 4 nitrogen and oxygen atoms in total. The van der Waals surface area contributed by atoms with Crippen molar-refractivity contribution in [1.82, 2.24) is 0 Å². The first-order valence-electron chi connectivity index (χ1n) is 5.15. The summed E-state index contributed by atoms with van der Waals surface area (Å²) in [6.45, 7) is 4.88. The van der Waals surface area contributed by atoms with Crippen LogP contribution in [0.5, 0.6) is 0 Å². The van der Waals surface area contributed by atoms with Crippen LogP contribution >= 0.6 is 0 Å². The van der Waals surface area contributed by atoms with Gasteiger partial charge in [-0.1, -0.05) is 30.8 Å². The third kappa shape index (κ3) is 3.06. The highest BCUT2D eigenvalue weighted by Crippen LogP contribution is 2.14. The van der Waals surface area contributed by atoms with E-state index in [4.69, 9.17) is 19.6 Å². The molecule has 0 unspecified atom stereocenters. The van der Waals surface area contributed by atoms with Crippen LogP contribution in [0.4, 0.5) is 0 Å². The molecule has 0 fully saturated rings. The summed E-state index contributed by atoms with van der Waals surface area (Å²) in [4.78, 5) is 20.2. The maximum atomic E-state index is 5.09. The zero-order valence-corrected chi connectivity index (χ0v) is 8.98. The van der Waals surface area contributed by atoms with E-state index in [2.05, 4.69) is 6.58 Å². The van der Waals surface area contributed by atoms with Crippen LogP contribution in [0.25, 0.3) is 0 Å². The highest BCUT2D eigenvalue weighted by Gasteiger charge is 2.06. The van der Waals surface area contributed by atoms with Crippen LogP contribution in [0.2, 0.25) is 0 Å². The number of hydrogen-bond donors (Lipinski definition) is 0. The van der Waals surface area contributed by atoms with Crippen molar-refractivity contribution in [2.24, 2.45) is 0 Å². The molecular weight excluding hydrogens is 208 g/mol. The summed E-state index contributed by atoms with van der Waals surface area (Å²) in [7, 11) is 0. The van der Waals surface area contributed by atoms with Crippen LogP contribution in [0.1, 0.15) is 17.5 Å². The normalized spacial score (nSPS) is 18.1. The molecule has 0 aliphatic carbocycles. The predicted octanol–water partition coefficient (Wildman–Crippen LogP) is 2.50. The third-order valence-corrected chi connectivity index (χ3v) is 2.27. The summed E-state index contributed by atoms with van der Waals surface area (Å²) < 4.78 is 0. The minimum absolute atomic E-state index is 0.374. The summed E-state index contributed by atoms with van der Waals surface area (Å²) in [6, 6.07) is 7.82. The van der Waals surface area contributed by atoms with Crippen molar-refractivity contribution in [2.75, 3.05) is 6.61 Å². The first kappa shape index (κ1) is 11.1. The van der Waals surface area contributed by atoms with Gasteiger partial charge < -0.3 is 4.89 Å². The SMILES string of the molecule is C=C1CCOOCc2ccccc2COO1. The molecule has 0 amide bonds. The summed E-state index contributed by atoms with van der Waals surface area (Å²) in [5.74, 6) is 0.531. The molecule has 1 heterocycles. The highest BCUT2D eigenvalue weighted by atomic mass is 17.2. The Morgan fingerprint density at radius 1 is 0.938 bits per heavy atom. The van der Waals surface area contributed by atoms with Gasteiger partial charge in [0.25, 0.3) is 0 Å². The second kappa shape index (κ2) is 5.65. The fraction of sp³-hybridized carbons (Fsp3) is 0.333. The fourth-order valence-electron chi connectivity index (χ4n) is 1.38.